The van der Waals surface area contributed by atoms with Gasteiger partial charge in [-0.25, -0.2) is 0 Å². The van der Waals surface area contributed by atoms with Gasteiger partial charge in [0.05, 0.1) is 5.52 Å². The molecule has 9 heteroatoms. The number of azo groups is 1. The van der Waals surface area contributed by atoms with Crippen LogP contribution in [0.3, 0.4) is 0 Å². The van der Waals surface area contributed by atoms with Crippen LogP contribution in [-0.4, -0.2) is 24.6 Å². The van der Waals surface area contributed by atoms with Crippen LogP contribution in [0.2, 0.25) is 0 Å². The molecule has 0 aliphatic heterocycles. The van der Waals surface area contributed by atoms with Crippen LogP contribution >= 0.6 is 0 Å². The summed E-state index contributed by atoms with van der Waals surface area (Å²) in [5, 5.41) is 26.7. The summed E-state index contributed by atoms with van der Waals surface area (Å²) in [6, 6.07) is 26.9. The highest BCUT2D eigenvalue weighted by Crippen LogP contribution is 2.41. The molecule has 0 atom stereocenters. The van der Waals surface area contributed by atoms with Crippen molar-refractivity contribution < 1.29 is 5.11 Å². The fraction of sp³-hybridized carbons (Fsp3) is 0.115. The molecule has 0 aliphatic rings. The average Bonchev–Trinajstić information content (AvgIpc) is 3.15. The minimum absolute atomic E-state index is 0.0456. The number of rotatable bonds is 7. The van der Waals surface area contributed by atoms with Gasteiger partial charge in [-0.15, -0.1) is 10.2 Å². The van der Waals surface area contributed by atoms with E-state index >= 15 is 0 Å². The second-order valence-electron chi connectivity index (χ2n) is 8.12. The maximum Gasteiger partial charge on any atom is 0.275 e. The van der Waals surface area contributed by atoms with E-state index in [4.69, 9.17) is 0 Å². The predicted octanol–water partition coefficient (Wildman–Crippen LogP) is 7.02. The Balaban J connectivity index is 1.54. The van der Waals surface area contributed by atoms with Crippen LogP contribution in [0.25, 0.3) is 10.9 Å². The highest BCUT2D eigenvalue weighted by Gasteiger charge is 2.18. The van der Waals surface area contributed by atoms with Crippen LogP contribution < -0.4 is 10.6 Å². The number of fused-ring (bicyclic) bond motifs is 1. The summed E-state index contributed by atoms with van der Waals surface area (Å²) in [6.45, 7) is 4.00. The molecule has 0 spiro atoms. The molecule has 174 valence electrons. The van der Waals surface area contributed by atoms with Gasteiger partial charge in [0.1, 0.15) is 0 Å². The Morgan fingerprint density at radius 2 is 1.26 bits per heavy atom. The molecule has 5 rings (SSSR count). The van der Waals surface area contributed by atoms with Crippen LogP contribution in [0.5, 0.6) is 5.88 Å². The lowest BCUT2D eigenvalue weighted by Crippen LogP contribution is -2.03. The molecule has 2 heterocycles. The quantitative estimate of drug-likeness (QED) is 0.223. The van der Waals surface area contributed by atoms with Crippen molar-refractivity contribution in [2.75, 3.05) is 10.6 Å². The molecule has 9 nitrogen and oxygen atoms in total. The molecule has 35 heavy (non-hydrogen) atoms. The third-order valence-corrected chi connectivity index (χ3v) is 5.30. The van der Waals surface area contributed by atoms with Gasteiger partial charge in [-0.3, -0.25) is 0 Å². The predicted molar refractivity (Wildman–Crippen MR) is 137 cm³/mol. The summed E-state index contributed by atoms with van der Waals surface area (Å²) in [4.78, 5) is 13.3. The number of anilines is 4. The highest BCUT2D eigenvalue weighted by molar-refractivity contribution is 5.95. The maximum atomic E-state index is 10.9. The van der Waals surface area contributed by atoms with E-state index in [9.17, 15) is 5.11 Å². The number of hydrogen-bond donors (Lipinski definition) is 3. The lowest BCUT2D eigenvalue weighted by Gasteiger charge is -2.10. The number of nitrogens with zero attached hydrogens (tertiary/aromatic N) is 6. The van der Waals surface area contributed by atoms with Gasteiger partial charge in [0.25, 0.3) is 5.95 Å². The van der Waals surface area contributed by atoms with Crippen molar-refractivity contribution in [3.05, 3.63) is 84.9 Å². The van der Waals surface area contributed by atoms with E-state index in [0.29, 0.717) is 17.6 Å². The molecule has 0 amide bonds. The summed E-state index contributed by atoms with van der Waals surface area (Å²) < 4.78 is 1.82. The SMILES string of the molecule is CC(C)n1c(O)c(N=Nc2nc(Nc3ccccc3)nc(Nc3ccccc3)n2)c2ccccc21. The molecule has 3 N–H and O–H groups in total. The number of hydrogen-bond acceptors (Lipinski definition) is 8. The van der Waals surface area contributed by atoms with Gasteiger partial charge in [0.15, 0.2) is 5.69 Å². The smallest absolute Gasteiger partial charge is 0.275 e. The van der Waals surface area contributed by atoms with E-state index in [1.165, 1.54) is 0 Å². The molecule has 0 saturated carbocycles. The van der Waals surface area contributed by atoms with Crippen molar-refractivity contribution in [3.8, 4) is 5.88 Å². The molecule has 0 radical (unpaired) electrons. The molecule has 0 aliphatic carbocycles. The Morgan fingerprint density at radius 1 is 0.714 bits per heavy atom. The summed E-state index contributed by atoms with van der Waals surface area (Å²) in [6.07, 6.45) is 0. The first-order chi connectivity index (χ1) is 17.1. The molecule has 0 unspecified atom stereocenters. The van der Waals surface area contributed by atoms with Gasteiger partial charge >= 0.3 is 0 Å². The normalized spacial score (nSPS) is 11.4. The molecule has 2 aromatic heterocycles. The van der Waals surface area contributed by atoms with Crippen LogP contribution in [0.15, 0.2) is 95.2 Å². The first-order valence-electron chi connectivity index (χ1n) is 11.2. The van der Waals surface area contributed by atoms with Crippen molar-refractivity contribution in [1.82, 2.24) is 19.5 Å². The van der Waals surface area contributed by atoms with Crippen LogP contribution in [0, 0.1) is 0 Å². The van der Waals surface area contributed by atoms with E-state index in [-0.39, 0.29) is 17.9 Å². The van der Waals surface area contributed by atoms with Crippen molar-refractivity contribution in [2.24, 2.45) is 10.2 Å². The lowest BCUT2D eigenvalue weighted by atomic mass is 10.2. The van der Waals surface area contributed by atoms with E-state index in [1.54, 1.807) is 0 Å². The lowest BCUT2D eigenvalue weighted by molar-refractivity contribution is 0.407. The molecular weight excluding hydrogens is 440 g/mol. The highest BCUT2D eigenvalue weighted by atomic mass is 16.3. The van der Waals surface area contributed by atoms with Gasteiger partial charge in [0, 0.05) is 22.8 Å². The number of benzene rings is 3. The largest absolute Gasteiger partial charge is 0.493 e. The van der Waals surface area contributed by atoms with Gasteiger partial charge < -0.3 is 20.3 Å². The number of nitrogens with one attached hydrogen (secondary N) is 2. The monoisotopic (exact) mass is 464 g/mol. The van der Waals surface area contributed by atoms with Crippen molar-refractivity contribution in [2.45, 2.75) is 19.9 Å². The molecule has 0 fully saturated rings. The number of aromatic hydroxyl groups is 1. The average molecular weight is 465 g/mol. The van der Waals surface area contributed by atoms with E-state index in [1.807, 2.05) is 103 Å². The fourth-order valence-corrected chi connectivity index (χ4v) is 3.77. The van der Waals surface area contributed by atoms with Crippen LogP contribution in [-0.2, 0) is 0 Å². The van der Waals surface area contributed by atoms with Gasteiger partial charge in [-0.05, 0) is 44.2 Å². The van der Waals surface area contributed by atoms with Gasteiger partial charge in [0.2, 0.25) is 17.8 Å². The Hall–Kier alpha value is -4.79. The van der Waals surface area contributed by atoms with Crippen molar-refractivity contribution in [1.29, 1.82) is 0 Å². The molecular formula is C26H24N8O. The first-order valence-corrected chi connectivity index (χ1v) is 11.2. The zero-order chi connectivity index (χ0) is 24.2. The Bertz CT molecular complexity index is 1420. The van der Waals surface area contributed by atoms with Crippen molar-refractivity contribution >= 4 is 45.8 Å². The Labute approximate surface area is 202 Å². The molecule has 3 aromatic carbocycles. The summed E-state index contributed by atoms with van der Waals surface area (Å²) in [7, 11) is 0. The fourth-order valence-electron chi connectivity index (χ4n) is 3.77. The number of aromatic nitrogens is 4. The minimum atomic E-state index is 0.0456. The number of para-hydroxylation sites is 3. The van der Waals surface area contributed by atoms with E-state index < -0.39 is 0 Å². The molecule has 0 bridgehead atoms. The second kappa shape index (κ2) is 9.60. The standard InChI is InChI=1S/C26H24N8O/c1-17(2)34-21-16-10-9-15-20(21)22(23(34)35)32-33-26-30-24(27-18-11-5-3-6-12-18)29-25(31-26)28-19-13-7-4-8-14-19/h3-17,35H,1-2H3,(H2,27,28,29,30,31). The first kappa shape index (κ1) is 22.0. The summed E-state index contributed by atoms with van der Waals surface area (Å²) in [5.41, 5.74) is 2.89. The molecule has 0 saturated heterocycles. The zero-order valence-electron chi connectivity index (χ0n) is 19.3. The van der Waals surface area contributed by atoms with Crippen LogP contribution in [0.1, 0.15) is 19.9 Å². The van der Waals surface area contributed by atoms with Gasteiger partial charge in [-0.2, -0.15) is 15.0 Å². The van der Waals surface area contributed by atoms with Crippen molar-refractivity contribution in [3.63, 3.8) is 0 Å². The maximum absolute atomic E-state index is 10.9. The zero-order valence-corrected chi connectivity index (χ0v) is 19.3. The van der Waals surface area contributed by atoms with Crippen LogP contribution in [0.4, 0.5) is 34.9 Å². The third-order valence-electron chi connectivity index (χ3n) is 5.30. The van der Waals surface area contributed by atoms with Gasteiger partial charge in [-0.1, -0.05) is 54.6 Å². The summed E-state index contributed by atoms with van der Waals surface area (Å²) in [5.74, 6) is 0.765. The van der Waals surface area contributed by atoms with E-state index in [0.717, 1.165) is 22.3 Å². The van der Waals surface area contributed by atoms with E-state index in [2.05, 4.69) is 35.8 Å². The Morgan fingerprint density at radius 3 is 1.83 bits per heavy atom. The second-order valence-corrected chi connectivity index (χ2v) is 8.12. The topological polar surface area (TPSA) is 113 Å². The molecule has 5 aromatic rings. The summed E-state index contributed by atoms with van der Waals surface area (Å²) >= 11 is 0. The third kappa shape index (κ3) is 4.79. The minimum Gasteiger partial charge on any atom is -0.493 e. The Kier molecular flexibility index (Phi) is 6.04.